The summed E-state index contributed by atoms with van der Waals surface area (Å²) in [4.78, 5) is 0. The first-order valence-corrected chi connectivity index (χ1v) is 7.49. The number of ether oxygens (including phenoxy) is 1. The molecule has 0 aliphatic heterocycles. The normalized spacial score (nSPS) is 13.1. The summed E-state index contributed by atoms with van der Waals surface area (Å²) >= 11 is 0. The fourth-order valence-corrected chi connectivity index (χ4v) is 2.20. The summed E-state index contributed by atoms with van der Waals surface area (Å²) in [6, 6.07) is 19.1. The molecule has 0 aromatic heterocycles. The van der Waals surface area contributed by atoms with E-state index in [2.05, 4.69) is 76.6 Å². The fraction of sp³-hybridized carbons (Fsp3) is 0.368. The molecule has 2 heteroatoms. The summed E-state index contributed by atoms with van der Waals surface area (Å²) in [6.07, 6.45) is 0.0124. The molecule has 0 aliphatic rings. The molecular formula is C19H26NO+. The fourth-order valence-electron chi connectivity index (χ4n) is 2.20. The lowest BCUT2D eigenvalue weighted by atomic mass is 10.0. The van der Waals surface area contributed by atoms with Crippen LogP contribution in [0, 0.1) is 6.92 Å². The van der Waals surface area contributed by atoms with Gasteiger partial charge in [0.1, 0.15) is 12.6 Å². The van der Waals surface area contributed by atoms with E-state index in [1.165, 1.54) is 16.7 Å². The maximum Gasteiger partial charge on any atom is 0.108 e. The standard InChI is InChI=1S/C19H26NO/c1-16-10-12-18(13-11-16)19(17-8-6-5-7-9-17)21-15-14-20(2,3)4/h5-13,19H,14-15H2,1-4H3/q+1/t19-/m0/s1. The largest absolute Gasteiger partial charge is 0.363 e. The van der Waals surface area contributed by atoms with E-state index in [4.69, 9.17) is 4.74 Å². The van der Waals surface area contributed by atoms with Gasteiger partial charge >= 0.3 is 0 Å². The first-order valence-electron chi connectivity index (χ1n) is 7.49. The molecule has 0 saturated heterocycles. The van der Waals surface area contributed by atoms with Gasteiger partial charge in [0.25, 0.3) is 0 Å². The number of aryl methyl sites for hydroxylation is 1. The predicted molar refractivity (Wildman–Crippen MR) is 88.3 cm³/mol. The number of hydrogen-bond acceptors (Lipinski definition) is 1. The lowest BCUT2D eigenvalue weighted by Crippen LogP contribution is -2.37. The van der Waals surface area contributed by atoms with Crippen LogP contribution in [0.4, 0.5) is 0 Å². The van der Waals surface area contributed by atoms with E-state index >= 15 is 0 Å². The highest BCUT2D eigenvalue weighted by Gasteiger charge is 2.16. The van der Waals surface area contributed by atoms with Gasteiger partial charge in [0.2, 0.25) is 0 Å². The zero-order chi connectivity index (χ0) is 15.3. The maximum absolute atomic E-state index is 6.21. The van der Waals surface area contributed by atoms with Crippen molar-refractivity contribution in [3.05, 3.63) is 71.3 Å². The highest BCUT2D eigenvalue weighted by atomic mass is 16.5. The number of likely N-dealkylation sites (N-methyl/N-ethyl adjacent to an activating group) is 1. The smallest absolute Gasteiger partial charge is 0.108 e. The van der Waals surface area contributed by atoms with Crippen molar-refractivity contribution in [1.29, 1.82) is 0 Å². The molecular weight excluding hydrogens is 258 g/mol. The lowest BCUT2D eigenvalue weighted by Gasteiger charge is -2.26. The summed E-state index contributed by atoms with van der Waals surface area (Å²) in [6.45, 7) is 3.85. The molecule has 0 saturated carbocycles. The van der Waals surface area contributed by atoms with Crippen molar-refractivity contribution < 1.29 is 9.22 Å². The Labute approximate surface area is 128 Å². The molecule has 2 aromatic rings. The number of quaternary nitrogens is 1. The van der Waals surface area contributed by atoms with Gasteiger partial charge in [-0.2, -0.15) is 0 Å². The van der Waals surface area contributed by atoms with Crippen molar-refractivity contribution in [2.45, 2.75) is 13.0 Å². The molecule has 0 spiro atoms. The van der Waals surface area contributed by atoms with Crippen molar-refractivity contribution in [3.8, 4) is 0 Å². The molecule has 1 atom stereocenters. The average Bonchev–Trinajstić information content (AvgIpc) is 2.45. The van der Waals surface area contributed by atoms with Gasteiger partial charge in [-0.25, -0.2) is 0 Å². The highest BCUT2D eigenvalue weighted by Crippen LogP contribution is 2.26. The lowest BCUT2D eigenvalue weighted by molar-refractivity contribution is -0.870. The van der Waals surface area contributed by atoms with Crippen LogP contribution in [0.25, 0.3) is 0 Å². The molecule has 0 amide bonds. The van der Waals surface area contributed by atoms with Crippen molar-refractivity contribution in [3.63, 3.8) is 0 Å². The summed E-state index contributed by atoms with van der Waals surface area (Å²) in [5.74, 6) is 0. The third kappa shape index (κ3) is 5.00. The molecule has 21 heavy (non-hydrogen) atoms. The number of nitrogens with zero attached hydrogens (tertiary/aromatic N) is 1. The number of rotatable bonds is 6. The zero-order valence-corrected chi connectivity index (χ0v) is 13.5. The van der Waals surface area contributed by atoms with Crippen molar-refractivity contribution in [2.75, 3.05) is 34.3 Å². The van der Waals surface area contributed by atoms with Crippen LogP contribution in [-0.2, 0) is 4.74 Å². The van der Waals surface area contributed by atoms with Crippen LogP contribution in [-0.4, -0.2) is 38.8 Å². The average molecular weight is 284 g/mol. The van der Waals surface area contributed by atoms with Crippen molar-refractivity contribution >= 4 is 0 Å². The van der Waals surface area contributed by atoms with E-state index in [1.54, 1.807) is 0 Å². The van der Waals surface area contributed by atoms with Crippen LogP contribution in [0.5, 0.6) is 0 Å². The van der Waals surface area contributed by atoms with Crippen LogP contribution in [0.1, 0.15) is 22.8 Å². The van der Waals surface area contributed by atoms with Gasteiger partial charge in [0, 0.05) is 0 Å². The second-order valence-corrected chi connectivity index (χ2v) is 6.59. The second-order valence-electron chi connectivity index (χ2n) is 6.59. The molecule has 0 unspecified atom stereocenters. The van der Waals surface area contributed by atoms with Gasteiger partial charge in [0.05, 0.1) is 27.7 Å². The van der Waals surface area contributed by atoms with E-state index < -0.39 is 0 Å². The molecule has 0 N–H and O–H groups in total. The predicted octanol–water partition coefficient (Wildman–Crippen LogP) is 3.81. The Kier molecular flexibility index (Phi) is 5.16. The second kappa shape index (κ2) is 6.88. The van der Waals surface area contributed by atoms with Gasteiger partial charge in [-0.3, -0.25) is 0 Å². The van der Waals surface area contributed by atoms with Crippen LogP contribution < -0.4 is 0 Å². The van der Waals surface area contributed by atoms with Crippen LogP contribution >= 0.6 is 0 Å². The highest BCUT2D eigenvalue weighted by molar-refractivity contribution is 5.31. The molecule has 2 rings (SSSR count). The minimum atomic E-state index is 0.0124. The Balaban J connectivity index is 2.17. The minimum Gasteiger partial charge on any atom is -0.363 e. The monoisotopic (exact) mass is 284 g/mol. The SMILES string of the molecule is Cc1ccc([C@@H](OCC[N+](C)(C)C)c2ccccc2)cc1. The van der Waals surface area contributed by atoms with E-state index in [-0.39, 0.29) is 6.10 Å². The minimum absolute atomic E-state index is 0.0124. The quantitative estimate of drug-likeness (QED) is 0.733. The van der Waals surface area contributed by atoms with Crippen LogP contribution in [0.2, 0.25) is 0 Å². The Bertz CT molecular complexity index is 540. The van der Waals surface area contributed by atoms with Gasteiger partial charge in [-0.15, -0.1) is 0 Å². The summed E-state index contributed by atoms with van der Waals surface area (Å²) < 4.78 is 7.13. The van der Waals surface area contributed by atoms with E-state index in [1.807, 2.05) is 6.07 Å². The molecule has 0 radical (unpaired) electrons. The molecule has 0 heterocycles. The van der Waals surface area contributed by atoms with Crippen LogP contribution in [0.3, 0.4) is 0 Å². The van der Waals surface area contributed by atoms with E-state index in [0.29, 0.717) is 0 Å². The van der Waals surface area contributed by atoms with E-state index in [0.717, 1.165) is 17.6 Å². The van der Waals surface area contributed by atoms with Crippen molar-refractivity contribution in [1.82, 2.24) is 0 Å². The molecule has 0 aliphatic carbocycles. The summed E-state index contributed by atoms with van der Waals surface area (Å²) in [7, 11) is 6.56. The third-order valence-corrected chi connectivity index (χ3v) is 3.53. The van der Waals surface area contributed by atoms with Gasteiger partial charge < -0.3 is 9.22 Å². The Morgan fingerprint density at radius 2 is 1.43 bits per heavy atom. The molecule has 2 aromatic carbocycles. The molecule has 112 valence electrons. The molecule has 0 fully saturated rings. The number of hydrogen-bond donors (Lipinski definition) is 0. The van der Waals surface area contributed by atoms with Gasteiger partial charge in [0.15, 0.2) is 0 Å². The maximum atomic E-state index is 6.21. The van der Waals surface area contributed by atoms with Gasteiger partial charge in [-0.1, -0.05) is 60.2 Å². The zero-order valence-electron chi connectivity index (χ0n) is 13.5. The first-order chi connectivity index (χ1) is 9.96. The Morgan fingerprint density at radius 1 is 0.857 bits per heavy atom. The summed E-state index contributed by atoms with van der Waals surface area (Å²) in [5.41, 5.74) is 3.70. The Morgan fingerprint density at radius 3 is 2.00 bits per heavy atom. The number of benzene rings is 2. The summed E-state index contributed by atoms with van der Waals surface area (Å²) in [5, 5.41) is 0. The van der Waals surface area contributed by atoms with Gasteiger partial charge in [-0.05, 0) is 18.1 Å². The topological polar surface area (TPSA) is 9.23 Å². The Hall–Kier alpha value is -1.64. The third-order valence-electron chi connectivity index (χ3n) is 3.53. The van der Waals surface area contributed by atoms with E-state index in [9.17, 15) is 0 Å². The first kappa shape index (κ1) is 15.7. The molecule has 2 nitrogen and oxygen atoms in total. The molecule has 0 bridgehead atoms. The van der Waals surface area contributed by atoms with Crippen LogP contribution in [0.15, 0.2) is 54.6 Å². The van der Waals surface area contributed by atoms with Crippen molar-refractivity contribution in [2.24, 2.45) is 0 Å².